The van der Waals surface area contributed by atoms with Crippen molar-refractivity contribution in [3.05, 3.63) is 54.1 Å². The Balaban J connectivity index is 1.65. The van der Waals surface area contributed by atoms with Gasteiger partial charge in [-0.3, -0.25) is 4.79 Å². The van der Waals surface area contributed by atoms with Crippen molar-refractivity contribution in [1.82, 2.24) is 0 Å². The van der Waals surface area contributed by atoms with Crippen LogP contribution in [0.15, 0.2) is 48.5 Å². The predicted octanol–water partition coefficient (Wildman–Crippen LogP) is 3.23. The molecule has 5 heteroatoms. The van der Waals surface area contributed by atoms with Crippen LogP contribution in [0, 0.1) is 0 Å². The second-order valence-corrected chi connectivity index (χ2v) is 6.54. The molecule has 1 saturated heterocycles. The molecule has 25 heavy (non-hydrogen) atoms. The van der Waals surface area contributed by atoms with E-state index < -0.39 is 0 Å². The van der Waals surface area contributed by atoms with E-state index in [1.54, 1.807) is 7.11 Å². The minimum Gasteiger partial charge on any atom is -0.380 e. The minimum atomic E-state index is -0.0999. The molecule has 1 unspecified atom stereocenters. The van der Waals surface area contributed by atoms with Gasteiger partial charge in [-0.15, -0.1) is 0 Å². The van der Waals surface area contributed by atoms with E-state index in [1.807, 2.05) is 67.5 Å². The van der Waals surface area contributed by atoms with Gasteiger partial charge in [-0.25, -0.2) is 0 Å². The predicted molar refractivity (Wildman–Crippen MR) is 103 cm³/mol. The second kappa shape index (κ2) is 7.57. The summed E-state index contributed by atoms with van der Waals surface area (Å²) in [7, 11) is 5.68. The third kappa shape index (κ3) is 4.12. The lowest BCUT2D eigenvalue weighted by Gasteiger charge is -2.18. The first-order chi connectivity index (χ1) is 12.1. The Morgan fingerprint density at radius 2 is 1.96 bits per heavy atom. The zero-order valence-corrected chi connectivity index (χ0v) is 15.0. The number of rotatable bonds is 5. The van der Waals surface area contributed by atoms with Gasteiger partial charge < -0.3 is 19.9 Å². The Bertz CT molecular complexity index is 728. The highest BCUT2D eigenvalue weighted by molar-refractivity contribution is 6.04. The molecule has 1 fully saturated rings. The number of carbonyl (C=O) groups is 1. The van der Waals surface area contributed by atoms with Gasteiger partial charge in [0.05, 0.1) is 6.10 Å². The number of amides is 1. The number of methoxy groups -OCH3 is 1. The number of benzene rings is 2. The Morgan fingerprint density at radius 1 is 1.20 bits per heavy atom. The van der Waals surface area contributed by atoms with Crippen LogP contribution in [0.3, 0.4) is 0 Å². The van der Waals surface area contributed by atoms with Crippen molar-refractivity contribution < 1.29 is 9.53 Å². The molecule has 2 aromatic carbocycles. The van der Waals surface area contributed by atoms with Gasteiger partial charge in [0, 0.05) is 56.9 Å². The van der Waals surface area contributed by atoms with Crippen molar-refractivity contribution in [2.24, 2.45) is 0 Å². The minimum absolute atomic E-state index is 0.0999. The van der Waals surface area contributed by atoms with E-state index in [0.717, 1.165) is 36.6 Å². The molecule has 5 nitrogen and oxygen atoms in total. The summed E-state index contributed by atoms with van der Waals surface area (Å²) in [5.41, 5.74) is 3.61. The van der Waals surface area contributed by atoms with Crippen LogP contribution in [0.25, 0.3) is 0 Å². The van der Waals surface area contributed by atoms with Gasteiger partial charge in [0.2, 0.25) is 0 Å². The number of anilines is 3. The number of nitrogens with one attached hydrogen (secondary N) is 1. The molecule has 0 aliphatic carbocycles. The lowest BCUT2D eigenvalue weighted by molar-refractivity contribution is 0.102. The standard InChI is InChI=1S/C20H25N3O2/c1-22(2)18-6-4-5-15(13-18)20(24)21-16-7-9-17(10-8-16)23-12-11-19(14-23)25-3/h4-10,13,19H,11-12,14H2,1-3H3,(H,21,24). The van der Waals surface area contributed by atoms with Crippen LogP contribution >= 0.6 is 0 Å². The highest BCUT2D eigenvalue weighted by Crippen LogP contribution is 2.24. The molecule has 1 N–H and O–H groups in total. The molecule has 132 valence electrons. The quantitative estimate of drug-likeness (QED) is 0.908. The first-order valence-electron chi connectivity index (χ1n) is 8.53. The summed E-state index contributed by atoms with van der Waals surface area (Å²) < 4.78 is 5.41. The van der Waals surface area contributed by atoms with Crippen LogP contribution in [0.1, 0.15) is 16.8 Å². The molecule has 1 atom stereocenters. The maximum absolute atomic E-state index is 12.5. The molecular formula is C20H25N3O2. The smallest absolute Gasteiger partial charge is 0.255 e. The number of hydrogen-bond acceptors (Lipinski definition) is 4. The Kier molecular flexibility index (Phi) is 5.24. The van der Waals surface area contributed by atoms with Crippen molar-refractivity contribution in [1.29, 1.82) is 0 Å². The Morgan fingerprint density at radius 3 is 2.60 bits per heavy atom. The highest BCUT2D eigenvalue weighted by Gasteiger charge is 2.22. The molecule has 3 rings (SSSR count). The SMILES string of the molecule is COC1CCN(c2ccc(NC(=O)c3cccc(N(C)C)c3)cc2)C1. The van der Waals surface area contributed by atoms with Crippen molar-refractivity contribution in [3.8, 4) is 0 Å². The fraction of sp³-hybridized carbons (Fsp3) is 0.350. The lowest BCUT2D eigenvalue weighted by Crippen LogP contribution is -2.22. The molecule has 0 saturated carbocycles. The summed E-state index contributed by atoms with van der Waals surface area (Å²) in [4.78, 5) is 16.7. The van der Waals surface area contributed by atoms with Crippen molar-refractivity contribution in [2.45, 2.75) is 12.5 Å². The topological polar surface area (TPSA) is 44.8 Å². The highest BCUT2D eigenvalue weighted by atomic mass is 16.5. The molecule has 1 aliphatic rings. The van der Waals surface area contributed by atoms with E-state index in [9.17, 15) is 4.79 Å². The summed E-state index contributed by atoms with van der Waals surface area (Å²) in [6, 6.07) is 15.6. The van der Waals surface area contributed by atoms with Crippen molar-refractivity contribution in [3.63, 3.8) is 0 Å². The van der Waals surface area contributed by atoms with Gasteiger partial charge in [-0.05, 0) is 48.9 Å². The largest absolute Gasteiger partial charge is 0.380 e. The molecule has 0 spiro atoms. The molecule has 0 bridgehead atoms. The second-order valence-electron chi connectivity index (χ2n) is 6.54. The summed E-state index contributed by atoms with van der Waals surface area (Å²) in [6.45, 7) is 1.92. The summed E-state index contributed by atoms with van der Waals surface area (Å²) >= 11 is 0. The maximum Gasteiger partial charge on any atom is 0.255 e. The van der Waals surface area contributed by atoms with Crippen LogP contribution in [0.2, 0.25) is 0 Å². The van der Waals surface area contributed by atoms with E-state index in [4.69, 9.17) is 4.74 Å². The van der Waals surface area contributed by atoms with Gasteiger partial charge in [0.25, 0.3) is 5.91 Å². The summed E-state index contributed by atoms with van der Waals surface area (Å²) in [6.07, 6.45) is 1.36. The summed E-state index contributed by atoms with van der Waals surface area (Å²) in [5, 5.41) is 2.96. The summed E-state index contributed by atoms with van der Waals surface area (Å²) in [5.74, 6) is -0.0999. The third-order valence-electron chi connectivity index (χ3n) is 4.59. The lowest BCUT2D eigenvalue weighted by atomic mass is 10.1. The van der Waals surface area contributed by atoms with Gasteiger partial charge >= 0.3 is 0 Å². The van der Waals surface area contributed by atoms with Crippen LogP contribution in [-0.2, 0) is 4.74 Å². The number of carbonyl (C=O) groups excluding carboxylic acids is 1. The van der Waals surface area contributed by atoms with Crippen LogP contribution in [0.5, 0.6) is 0 Å². The van der Waals surface area contributed by atoms with Gasteiger partial charge in [0.15, 0.2) is 0 Å². The van der Waals surface area contributed by atoms with E-state index in [-0.39, 0.29) is 5.91 Å². The maximum atomic E-state index is 12.5. The zero-order chi connectivity index (χ0) is 17.8. The molecule has 0 radical (unpaired) electrons. The number of ether oxygens (including phenoxy) is 1. The Hall–Kier alpha value is -2.53. The van der Waals surface area contributed by atoms with Crippen LogP contribution < -0.4 is 15.1 Å². The molecule has 2 aromatic rings. The fourth-order valence-corrected chi connectivity index (χ4v) is 3.04. The van der Waals surface area contributed by atoms with Crippen molar-refractivity contribution >= 4 is 23.0 Å². The van der Waals surface area contributed by atoms with E-state index >= 15 is 0 Å². The monoisotopic (exact) mass is 339 g/mol. The number of nitrogens with zero attached hydrogens (tertiary/aromatic N) is 2. The van der Waals surface area contributed by atoms with Crippen LogP contribution in [0.4, 0.5) is 17.1 Å². The molecular weight excluding hydrogens is 314 g/mol. The van der Waals surface area contributed by atoms with E-state index in [2.05, 4.69) is 10.2 Å². The van der Waals surface area contributed by atoms with Gasteiger partial charge in [0.1, 0.15) is 0 Å². The molecule has 1 heterocycles. The van der Waals surface area contributed by atoms with Gasteiger partial charge in [-0.2, -0.15) is 0 Å². The average Bonchev–Trinajstić information content (AvgIpc) is 3.11. The van der Waals surface area contributed by atoms with Gasteiger partial charge in [-0.1, -0.05) is 6.07 Å². The normalized spacial score (nSPS) is 16.8. The number of hydrogen-bond donors (Lipinski definition) is 1. The van der Waals surface area contributed by atoms with E-state index in [0.29, 0.717) is 11.7 Å². The molecule has 1 amide bonds. The molecule has 1 aliphatic heterocycles. The van der Waals surface area contributed by atoms with Crippen LogP contribution in [-0.4, -0.2) is 46.3 Å². The third-order valence-corrected chi connectivity index (χ3v) is 4.59. The Labute approximate surface area is 149 Å². The first-order valence-corrected chi connectivity index (χ1v) is 8.53. The zero-order valence-electron chi connectivity index (χ0n) is 15.0. The first kappa shape index (κ1) is 17.3. The fourth-order valence-electron chi connectivity index (χ4n) is 3.04. The van der Waals surface area contributed by atoms with E-state index in [1.165, 1.54) is 0 Å². The van der Waals surface area contributed by atoms with Crippen molar-refractivity contribution in [2.75, 3.05) is 49.4 Å². The molecule has 0 aromatic heterocycles. The average molecular weight is 339 g/mol.